The number of nitrogens with zero attached hydrogens (tertiary/aromatic N) is 1. The number of carbonyl (C=O) groups is 2. The van der Waals surface area contributed by atoms with Crippen molar-refractivity contribution in [3.8, 4) is 0 Å². The number of carboxylic acids is 1. The highest BCUT2D eigenvalue weighted by atomic mass is 19.4. The normalized spacial score (nSPS) is 14.1. The Morgan fingerprint density at radius 1 is 1.33 bits per heavy atom. The quantitative estimate of drug-likeness (QED) is 0.882. The lowest BCUT2D eigenvalue weighted by Crippen LogP contribution is -2.40. The monoisotopic (exact) mass is 302 g/mol. The number of fused-ring (bicyclic) bond motifs is 1. The Balaban J connectivity index is 2.05. The van der Waals surface area contributed by atoms with E-state index in [-0.39, 0.29) is 5.56 Å². The number of aromatic carboxylic acids is 1. The van der Waals surface area contributed by atoms with Crippen LogP contribution in [0.25, 0.3) is 0 Å². The molecule has 8 heteroatoms. The SMILES string of the molecule is O=C(O)c1ccc2c(c1)N(C(=O)CNCC(F)(F)F)CC2. The average molecular weight is 302 g/mol. The van der Waals surface area contributed by atoms with Crippen molar-refractivity contribution in [2.45, 2.75) is 12.6 Å². The van der Waals surface area contributed by atoms with Gasteiger partial charge in [-0.2, -0.15) is 13.2 Å². The third kappa shape index (κ3) is 3.72. The zero-order valence-corrected chi connectivity index (χ0v) is 10.9. The highest BCUT2D eigenvalue weighted by molar-refractivity contribution is 5.98. The summed E-state index contributed by atoms with van der Waals surface area (Å²) in [5.41, 5.74) is 1.30. The van der Waals surface area contributed by atoms with Crippen LogP contribution in [-0.4, -0.2) is 42.8 Å². The number of alkyl halides is 3. The molecule has 0 radical (unpaired) electrons. The molecule has 1 aliphatic rings. The number of hydrogen-bond donors (Lipinski definition) is 2. The number of carboxylic acid groups (broad SMARTS) is 1. The lowest BCUT2D eigenvalue weighted by Gasteiger charge is -2.18. The van der Waals surface area contributed by atoms with Gasteiger partial charge in [-0.15, -0.1) is 0 Å². The number of nitrogens with one attached hydrogen (secondary N) is 1. The van der Waals surface area contributed by atoms with Gasteiger partial charge in [0, 0.05) is 12.2 Å². The summed E-state index contributed by atoms with van der Waals surface area (Å²) in [5.74, 6) is -1.63. The molecule has 1 heterocycles. The van der Waals surface area contributed by atoms with Gasteiger partial charge < -0.3 is 15.3 Å². The van der Waals surface area contributed by atoms with Crippen molar-refractivity contribution in [2.75, 3.05) is 24.5 Å². The van der Waals surface area contributed by atoms with Crippen LogP contribution in [0.15, 0.2) is 18.2 Å². The zero-order chi connectivity index (χ0) is 15.6. The van der Waals surface area contributed by atoms with Gasteiger partial charge in [-0.3, -0.25) is 4.79 Å². The average Bonchev–Trinajstić information content (AvgIpc) is 2.79. The Morgan fingerprint density at radius 2 is 2.05 bits per heavy atom. The van der Waals surface area contributed by atoms with Crippen LogP contribution in [0.5, 0.6) is 0 Å². The van der Waals surface area contributed by atoms with Gasteiger partial charge in [-0.1, -0.05) is 6.07 Å². The van der Waals surface area contributed by atoms with Crippen molar-refractivity contribution in [1.29, 1.82) is 0 Å². The molecule has 0 saturated heterocycles. The summed E-state index contributed by atoms with van der Waals surface area (Å²) in [7, 11) is 0. The molecule has 1 aliphatic heterocycles. The third-order valence-corrected chi connectivity index (χ3v) is 3.13. The third-order valence-electron chi connectivity index (χ3n) is 3.13. The maximum Gasteiger partial charge on any atom is 0.401 e. The van der Waals surface area contributed by atoms with E-state index >= 15 is 0 Å². The molecule has 0 unspecified atom stereocenters. The molecule has 1 aromatic rings. The first kappa shape index (κ1) is 15.3. The van der Waals surface area contributed by atoms with Crippen molar-refractivity contribution < 1.29 is 27.9 Å². The van der Waals surface area contributed by atoms with E-state index in [1.165, 1.54) is 17.0 Å². The van der Waals surface area contributed by atoms with Crippen LogP contribution < -0.4 is 10.2 Å². The van der Waals surface area contributed by atoms with Crippen molar-refractivity contribution in [3.05, 3.63) is 29.3 Å². The zero-order valence-electron chi connectivity index (χ0n) is 10.9. The number of rotatable bonds is 4. The predicted octanol–water partition coefficient (Wildman–Crippen LogP) is 1.43. The number of halogens is 3. The molecule has 1 aromatic carbocycles. The van der Waals surface area contributed by atoms with E-state index in [0.29, 0.717) is 18.7 Å². The highest BCUT2D eigenvalue weighted by Gasteiger charge is 2.29. The Kier molecular flexibility index (Phi) is 4.17. The van der Waals surface area contributed by atoms with E-state index in [2.05, 4.69) is 0 Å². The van der Waals surface area contributed by atoms with E-state index in [1.54, 1.807) is 6.07 Å². The van der Waals surface area contributed by atoms with Crippen LogP contribution in [0.4, 0.5) is 18.9 Å². The minimum atomic E-state index is -4.38. The van der Waals surface area contributed by atoms with Crippen LogP contribution >= 0.6 is 0 Å². The first-order valence-corrected chi connectivity index (χ1v) is 6.22. The molecular formula is C13H13F3N2O3. The molecule has 0 fully saturated rings. The van der Waals surface area contributed by atoms with Gasteiger partial charge in [-0.25, -0.2) is 4.79 Å². The first-order valence-electron chi connectivity index (χ1n) is 6.22. The number of carbonyl (C=O) groups excluding carboxylic acids is 1. The summed E-state index contributed by atoms with van der Waals surface area (Å²) >= 11 is 0. The molecule has 1 amide bonds. The molecule has 2 N–H and O–H groups in total. The van der Waals surface area contributed by atoms with Gasteiger partial charge in [0.15, 0.2) is 0 Å². The summed E-state index contributed by atoms with van der Waals surface area (Å²) < 4.78 is 36.0. The summed E-state index contributed by atoms with van der Waals surface area (Å²) in [6.45, 7) is -1.35. The number of amides is 1. The topological polar surface area (TPSA) is 69.6 Å². The van der Waals surface area contributed by atoms with Crippen LogP contribution in [0, 0.1) is 0 Å². The van der Waals surface area contributed by atoms with E-state index in [4.69, 9.17) is 5.11 Å². The second-order valence-electron chi connectivity index (χ2n) is 4.66. The standard InChI is InChI=1S/C13H13F3N2O3/c14-13(15,16)7-17-6-11(19)18-4-3-8-1-2-9(12(20)21)5-10(8)18/h1-2,5,17H,3-4,6-7H2,(H,20,21). The largest absolute Gasteiger partial charge is 0.478 e. The molecule has 0 aliphatic carbocycles. The summed E-state index contributed by atoms with van der Waals surface area (Å²) in [4.78, 5) is 24.2. The van der Waals surface area contributed by atoms with Crippen molar-refractivity contribution in [2.24, 2.45) is 0 Å². The molecular weight excluding hydrogens is 289 g/mol. The van der Waals surface area contributed by atoms with Gasteiger partial charge in [0.1, 0.15) is 0 Å². The lowest BCUT2D eigenvalue weighted by molar-refractivity contribution is -0.127. The minimum Gasteiger partial charge on any atom is -0.478 e. The Bertz CT molecular complexity index is 572. The number of benzene rings is 1. The summed E-state index contributed by atoms with van der Waals surface area (Å²) in [6.07, 6.45) is -3.82. The van der Waals surface area contributed by atoms with Gasteiger partial charge in [0.25, 0.3) is 0 Å². The van der Waals surface area contributed by atoms with E-state index < -0.39 is 31.1 Å². The maximum atomic E-state index is 12.0. The van der Waals surface area contributed by atoms with Gasteiger partial charge in [-0.05, 0) is 24.1 Å². The van der Waals surface area contributed by atoms with Crippen LogP contribution in [0.3, 0.4) is 0 Å². The van der Waals surface area contributed by atoms with Gasteiger partial charge >= 0.3 is 12.1 Å². The van der Waals surface area contributed by atoms with Crippen LogP contribution in [0.2, 0.25) is 0 Å². The van der Waals surface area contributed by atoms with E-state index in [0.717, 1.165) is 5.56 Å². The molecule has 0 saturated carbocycles. The fourth-order valence-corrected chi connectivity index (χ4v) is 2.18. The van der Waals surface area contributed by atoms with Crippen molar-refractivity contribution in [3.63, 3.8) is 0 Å². The van der Waals surface area contributed by atoms with E-state index in [1.807, 2.05) is 5.32 Å². The van der Waals surface area contributed by atoms with Crippen LogP contribution in [-0.2, 0) is 11.2 Å². The molecule has 21 heavy (non-hydrogen) atoms. The van der Waals surface area contributed by atoms with Crippen LogP contribution in [0.1, 0.15) is 15.9 Å². The Hall–Kier alpha value is -2.09. The lowest BCUT2D eigenvalue weighted by atomic mass is 10.1. The van der Waals surface area contributed by atoms with E-state index in [9.17, 15) is 22.8 Å². The second-order valence-corrected chi connectivity index (χ2v) is 4.66. The fourth-order valence-electron chi connectivity index (χ4n) is 2.18. The molecule has 0 bridgehead atoms. The second kappa shape index (κ2) is 5.72. The molecule has 2 rings (SSSR count). The Morgan fingerprint density at radius 3 is 2.67 bits per heavy atom. The smallest absolute Gasteiger partial charge is 0.401 e. The first-order chi connectivity index (χ1) is 9.78. The number of anilines is 1. The molecule has 0 spiro atoms. The summed E-state index contributed by atoms with van der Waals surface area (Å²) in [6, 6.07) is 4.43. The number of hydrogen-bond acceptors (Lipinski definition) is 3. The van der Waals surface area contributed by atoms with Crippen molar-refractivity contribution in [1.82, 2.24) is 5.32 Å². The molecule has 114 valence electrons. The summed E-state index contributed by atoms with van der Waals surface area (Å²) in [5, 5.41) is 11.0. The minimum absolute atomic E-state index is 0.0386. The molecule has 0 aromatic heterocycles. The van der Waals surface area contributed by atoms with Gasteiger partial charge in [0.2, 0.25) is 5.91 Å². The fraction of sp³-hybridized carbons (Fsp3) is 0.385. The Labute approximate surface area is 118 Å². The predicted molar refractivity (Wildman–Crippen MR) is 68.4 cm³/mol. The molecule has 5 nitrogen and oxygen atoms in total. The maximum absolute atomic E-state index is 12.0. The molecule has 0 atom stereocenters. The van der Waals surface area contributed by atoms with Crippen molar-refractivity contribution >= 4 is 17.6 Å². The highest BCUT2D eigenvalue weighted by Crippen LogP contribution is 2.29. The van der Waals surface area contributed by atoms with Gasteiger partial charge in [0.05, 0.1) is 18.7 Å².